The highest BCUT2D eigenvalue weighted by atomic mass is 32.2. The summed E-state index contributed by atoms with van der Waals surface area (Å²) in [6.45, 7) is 5.29. The lowest BCUT2D eigenvalue weighted by Crippen LogP contribution is -2.17. The number of hydrazine groups is 1. The predicted octanol–water partition coefficient (Wildman–Crippen LogP) is 2.09. The van der Waals surface area contributed by atoms with Crippen molar-refractivity contribution in [2.45, 2.75) is 25.7 Å². The van der Waals surface area contributed by atoms with E-state index >= 15 is 0 Å². The van der Waals surface area contributed by atoms with E-state index < -0.39 is 10.0 Å². The van der Waals surface area contributed by atoms with Crippen molar-refractivity contribution in [2.24, 2.45) is 5.84 Å². The van der Waals surface area contributed by atoms with Gasteiger partial charge in [0.15, 0.2) is 0 Å². The Morgan fingerprint density at radius 1 is 1.10 bits per heavy atom. The van der Waals surface area contributed by atoms with Crippen LogP contribution in [0.4, 0.5) is 11.4 Å². The second kappa shape index (κ2) is 5.71. The summed E-state index contributed by atoms with van der Waals surface area (Å²) in [4.78, 5) is 4.20. The fraction of sp³-hybridized carbons (Fsp3) is 0.214. The molecule has 0 bridgehead atoms. The van der Waals surface area contributed by atoms with Crippen molar-refractivity contribution in [3.05, 3.63) is 47.3 Å². The molecule has 1 heterocycles. The number of sulfonamides is 1. The lowest BCUT2D eigenvalue weighted by molar-refractivity contribution is 0.600. The van der Waals surface area contributed by atoms with Gasteiger partial charge >= 0.3 is 0 Å². The number of anilines is 2. The molecule has 0 radical (unpaired) electrons. The lowest BCUT2D eigenvalue weighted by atomic mass is 10.1. The third-order valence-corrected chi connectivity index (χ3v) is 4.85. The summed E-state index contributed by atoms with van der Waals surface area (Å²) in [6.07, 6.45) is 3.11. The Balaban J connectivity index is 2.48. The topological polar surface area (TPSA) is 97.1 Å². The molecule has 0 saturated heterocycles. The third kappa shape index (κ3) is 3.14. The Kier molecular flexibility index (Phi) is 4.15. The van der Waals surface area contributed by atoms with Crippen molar-refractivity contribution in [3.63, 3.8) is 0 Å². The first kappa shape index (κ1) is 15.3. The average molecular weight is 306 g/mol. The molecule has 4 N–H and O–H groups in total. The lowest BCUT2D eigenvalue weighted by Gasteiger charge is -2.15. The van der Waals surface area contributed by atoms with Gasteiger partial charge in [0.25, 0.3) is 10.0 Å². The summed E-state index contributed by atoms with van der Waals surface area (Å²) in [6, 6.07) is 5.13. The highest BCUT2D eigenvalue weighted by Crippen LogP contribution is 2.26. The predicted molar refractivity (Wildman–Crippen MR) is 83.5 cm³/mol. The van der Waals surface area contributed by atoms with Gasteiger partial charge in [-0.1, -0.05) is 0 Å². The Hall–Kier alpha value is -2.12. The van der Waals surface area contributed by atoms with Crippen LogP contribution in [-0.2, 0) is 10.0 Å². The number of benzene rings is 1. The second-order valence-electron chi connectivity index (χ2n) is 4.88. The minimum Gasteiger partial charge on any atom is -0.324 e. The van der Waals surface area contributed by atoms with Crippen LogP contribution in [0.5, 0.6) is 0 Å². The Labute approximate surface area is 124 Å². The van der Waals surface area contributed by atoms with Crippen LogP contribution in [0.2, 0.25) is 0 Å². The number of nitrogens with one attached hydrogen (secondary N) is 2. The zero-order valence-corrected chi connectivity index (χ0v) is 13.0. The first-order valence-electron chi connectivity index (χ1n) is 6.36. The highest BCUT2D eigenvalue weighted by molar-refractivity contribution is 7.92. The summed E-state index contributed by atoms with van der Waals surface area (Å²) >= 11 is 0. The van der Waals surface area contributed by atoms with Gasteiger partial charge in [-0.05, 0) is 55.7 Å². The van der Waals surface area contributed by atoms with Gasteiger partial charge < -0.3 is 5.43 Å². The number of rotatable bonds is 4. The summed E-state index contributed by atoms with van der Waals surface area (Å²) in [5.41, 5.74) is 5.71. The molecule has 1 aromatic heterocycles. The second-order valence-corrected chi connectivity index (χ2v) is 6.50. The zero-order chi connectivity index (χ0) is 15.6. The molecule has 112 valence electrons. The number of aryl methyl sites for hydroxylation is 3. The van der Waals surface area contributed by atoms with Crippen LogP contribution in [0.3, 0.4) is 0 Å². The van der Waals surface area contributed by atoms with Gasteiger partial charge in [-0.2, -0.15) is 0 Å². The molecule has 0 amide bonds. The molecule has 2 aromatic rings. The van der Waals surface area contributed by atoms with E-state index in [4.69, 9.17) is 5.84 Å². The summed E-state index contributed by atoms with van der Waals surface area (Å²) in [7, 11) is -3.68. The number of hydrogen-bond acceptors (Lipinski definition) is 5. The van der Waals surface area contributed by atoms with E-state index in [-0.39, 0.29) is 4.90 Å². The molecule has 21 heavy (non-hydrogen) atoms. The van der Waals surface area contributed by atoms with E-state index in [9.17, 15) is 8.42 Å². The van der Waals surface area contributed by atoms with Crippen molar-refractivity contribution in [1.82, 2.24) is 4.98 Å². The van der Waals surface area contributed by atoms with Crippen molar-refractivity contribution in [3.8, 4) is 0 Å². The smallest absolute Gasteiger partial charge is 0.262 e. The molecule has 0 aliphatic heterocycles. The Bertz CT molecular complexity index is 749. The molecular formula is C14H18N4O2S. The number of nitrogens with two attached hydrogens (primary N) is 1. The van der Waals surface area contributed by atoms with Crippen LogP contribution in [0, 0.1) is 20.8 Å². The van der Waals surface area contributed by atoms with Gasteiger partial charge in [-0.15, -0.1) is 0 Å². The van der Waals surface area contributed by atoms with Gasteiger partial charge in [0, 0.05) is 11.9 Å². The van der Waals surface area contributed by atoms with E-state index in [1.54, 1.807) is 38.2 Å². The van der Waals surface area contributed by atoms with Crippen LogP contribution in [-0.4, -0.2) is 13.4 Å². The first-order valence-corrected chi connectivity index (χ1v) is 7.85. The van der Waals surface area contributed by atoms with Gasteiger partial charge in [0.2, 0.25) is 0 Å². The summed E-state index contributed by atoms with van der Waals surface area (Å²) in [5, 5.41) is 0. The SMILES string of the molecule is Cc1ccncc1NS(=O)(=O)c1c(C)cc(NN)cc1C. The molecule has 0 fully saturated rings. The van der Waals surface area contributed by atoms with Gasteiger partial charge in [-0.25, -0.2) is 8.42 Å². The van der Waals surface area contributed by atoms with Crippen LogP contribution in [0.1, 0.15) is 16.7 Å². The van der Waals surface area contributed by atoms with Gasteiger partial charge in [0.1, 0.15) is 0 Å². The molecule has 7 heteroatoms. The monoisotopic (exact) mass is 306 g/mol. The van der Waals surface area contributed by atoms with E-state index in [2.05, 4.69) is 15.1 Å². The van der Waals surface area contributed by atoms with Crippen molar-refractivity contribution < 1.29 is 8.42 Å². The van der Waals surface area contributed by atoms with Crippen LogP contribution in [0.25, 0.3) is 0 Å². The minimum absolute atomic E-state index is 0.254. The number of pyridine rings is 1. The molecule has 0 saturated carbocycles. The standard InChI is InChI=1S/C14H18N4O2S/c1-9-4-5-16-8-13(9)18-21(19,20)14-10(2)6-12(17-15)7-11(14)3/h4-8,17-18H,15H2,1-3H3. The molecule has 2 rings (SSSR count). The number of aromatic nitrogens is 1. The third-order valence-electron chi connectivity index (χ3n) is 3.18. The fourth-order valence-corrected chi connectivity index (χ4v) is 3.80. The zero-order valence-electron chi connectivity index (χ0n) is 12.1. The largest absolute Gasteiger partial charge is 0.324 e. The number of nitrogens with zero attached hydrogens (tertiary/aromatic N) is 1. The molecule has 0 unspecified atom stereocenters. The average Bonchev–Trinajstić information content (AvgIpc) is 2.40. The first-order chi connectivity index (χ1) is 9.85. The van der Waals surface area contributed by atoms with Crippen molar-refractivity contribution >= 4 is 21.4 Å². The van der Waals surface area contributed by atoms with Crippen LogP contribution >= 0.6 is 0 Å². The normalized spacial score (nSPS) is 11.2. The van der Waals surface area contributed by atoms with Crippen LogP contribution < -0.4 is 16.0 Å². The molecule has 1 aromatic carbocycles. The maximum absolute atomic E-state index is 12.6. The van der Waals surface area contributed by atoms with Crippen molar-refractivity contribution in [1.29, 1.82) is 0 Å². The molecular weight excluding hydrogens is 288 g/mol. The summed E-state index contributed by atoms with van der Waals surface area (Å²) in [5.74, 6) is 5.37. The molecule has 0 aliphatic carbocycles. The van der Waals surface area contributed by atoms with Crippen molar-refractivity contribution in [2.75, 3.05) is 10.1 Å². The number of nitrogen functional groups attached to an aromatic ring is 1. The maximum atomic E-state index is 12.6. The fourth-order valence-electron chi connectivity index (χ4n) is 2.22. The quantitative estimate of drug-likeness (QED) is 0.593. The number of hydrogen-bond donors (Lipinski definition) is 3. The molecule has 0 spiro atoms. The minimum atomic E-state index is -3.68. The molecule has 6 nitrogen and oxygen atoms in total. The molecule has 0 aliphatic rings. The highest BCUT2D eigenvalue weighted by Gasteiger charge is 2.21. The Morgan fingerprint density at radius 3 is 2.24 bits per heavy atom. The Morgan fingerprint density at radius 2 is 1.71 bits per heavy atom. The van der Waals surface area contributed by atoms with E-state index in [1.165, 1.54) is 6.20 Å². The molecule has 0 atom stereocenters. The maximum Gasteiger partial charge on any atom is 0.262 e. The van der Waals surface area contributed by atoms with E-state index in [0.29, 0.717) is 22.5 Å². The van der Waals surface area contributed by atoms with E-state index in [1.807, 2.05) is 6.92 Å². The van der Waals surface area contributed by atoms with Crippen LogP contribution in [0.15, 0.2) is 35.5 Å². The van der Waals surface area contributed by atoms with Gasteiger partial charge in [0.05, 0.1) is 16.8 Å². The van der Waals surface area contributed by atoms with E-state index in [0.717, 1.165) is 5.56 Å². The summed E-state index contributed by atoms with van der Waals surface area (Å²) < 4.78 is 27.8. The van der Waals surface area contributed by atoms with Gasteiger partial charge in [-0.3, -0.25) is 15.5 Å².